The maximum Gasteiger partial charge on any atom is 0.255 e. The molecule has 0 N–H and O–H groups in total. The minimum absolute atomic E-state index is 0.0533. The van der Waals surface area contributed by atoms with Crippen molar-refractivity contribution in [3.8, 4) is 0 Å². The Kier molecular flexibility index (Phi) is 3.22. The molecule has 0 aromatic heterocycles. The molecule has 0 saturated heterocycles. The van der Waals surface area contributed by atoms with Gasteiger partial charge in [-0.1, -0.05) is 23.7 Å². The largest absolute Gasteiger partial charge is 0.328 e. The molecule has 0 saturated carbocycles. The van der Waals surface area contributed by atoms with Crippen molar-refractivity contribution >= 4 is 17.5 Å². The first-order valence-electron chi connectivity index (χ1n) is 6.41. The Morgan fingerprint density at radius 2 is 1.90 bits per heavy atom. The van der Waals surface area contributed by atoms with Crippen LogP contribution in [0.4, 0.5) is 4.39 Å². The highest BCUT2D eigenvalue weighted by Gasteiger charge is 2.31. The van der Waals surface area contributed by atoms with Crippen molar-refractivity contribution in [3.05, 3.63) is 70.0 Å². The highest BCUT2D eigenvalue weighted by molar-refractivity contribution is 6.30. The summed E-state index contributed by atoms with van der Waals surface area (Å²) in [7, 11) is 0. The standard InChI is InChI=1S/C16H13ClFNO/c1-10(11-2-4-13(17)5-3-11)19-9-12-8-14(18)6-7-15(12)16(19)20/h2-8,10H,9H2,1H3/t10-/m0/s1. The van der Waals surface area contributed by atoms with Crippen LogP contribution < -0.4 is 0 Å². The lowest BCUT2D eigenvalue weighted by Gasteiger charge is -2.24. The summed E-state index contributed by atoms with van der Waals surface area (Å²) >= 11 is 5.87. The molecule has 1 aliphatic rings. The summed E-state index contributed by atoms with van der Waals surface area (Å²) in [4.78, 5) is 14.1. The predicted molar refractivity (Wildman–Crippen MR) is 76.1 cm³/mol. The second kappa shape index (κ2) is 4.91. The molecule has 102 valence electrons. The Morgan fingerprint density at radius 1 is 1.20 bits per heavy atom. The summed E-state index contributed by atoms with van der Waals surface area (Å²) in [5.41, 5.74) is 2.35. The van der Waals surface area contributed by atoms with E-state index >= 15 is 0 Å². The van der Waals surface area contributed by atoms with E-state index in [-0.39, 0.29) is 17.8 Å². The van der Waals surface area contributed by atoms with E-state index in [1.165, 1.54) is 12.1 Å². The minimum Gasteiger partial charge on any atom is -0.328 e. The first kappa shape index (κ1) is 13.1. The lowest BCUT2D eigenvalue weighted by Crippen LogP contribution is -2.27. The molecule has 0 fully saturated rings. The third kappa shape index (κ3) is 2.18. The van der Waals surface area contributed by atoms with Gasteiger partial charge in [0, 0.05) is 17.1 Å². The number of carbonyl (C=O) groups is 1. The van der Waals surface area contributed by atoms with Crippen molar-refractivity contribution < 1.29 is 9.18 Å². The van der Waals surface area contributed by atoms with E-state index in [9.17, 15) is 9.18 Å². The lowest BCUT2D eigenvalue weighted by atomic mass is 10.1. The maximum absolute atomic E-state index is 13.2. The topological polar surface area (TPSA) is 20.3 Å². The third-order valence-corrected chi connectivity index (χ3v) is 3.97. The van der Waals surface area contributed by atoms with Gasteiger partial charge in [-0.3, -0.25) is 4.79 Å². The van der Waals surface area contributed by atoms with Crippen LogP contribution in [0.1, 0.15) is 34.5 Å². The fourth-order valence-corrected chi connectivity index (χ4v) is 2.67. The molecule has 2 nitrogen and oxygen atoms in total. The van der Waals surface area contributed by atoms with Gasteiger partial charge in [-0.15, -0.1) is 0 Å². The normalized spacial score (nSPS) is 15.3. The zero-order chi connectivity index (χ0) is 14.3. The van der Waals surface area contributed by atoms with E-state index in [1.807, 2.05) is 19.1 Å². The smallest absolute Gasteiger partial charge is 0.255 e. The SMILES string of the molecule is C[C@@H](c1ccc(Cl)cc1)N1Cc2cc(F)ccc2C1=O. The molecule has 0 bridgehead atoms. The highest BCUT2D eigenvalue weighted by atomic mass is 35.5. The molecule has 1 amide bonds. The number of halogens is 2. The third-order valence-electron chi connectivity index (χ3n) is 3.72. The van der Waals surface area contributed by atoms with Gasteiger partial charge >= 0.3 is 0 Å². The van der Waals surface area contributed by atoms with Crippen molar-refractivity contribution in [2.45, 2.75) is 19.5 Å². The number of rotatable bonds is 2. The fourth-order valence-electron chi connectivity index (χ4n) is 2.55. The monoisotopic (exact) mass is 289 g/mol. The second-order valence-corrected chi connectivity index (χ2v) is 5.40. The molecule has 0 aliphatic carbocycles. The van der Waals surface area contributed by atoms with Crippen LogP contribution in [0.3, 0.4) is 0 Å². The van der Waals surface area contributed by atoms with Crippen LogP contribution in [0.2, 0.25) is 5.02 Å². The first-order chi connectivity index (χ1) is 9.56. The number of carbonyl (C=O) groups excluding carboxylic acids is 1. The summed E-state index contributed by atoms with van der Waals surface area (Å²) in [6.45, 7) is 2.40. The number of hydrogen-bond donors (Lipinski definition) is 0. The van der Waals surface area contributed by atoms with Gasteiger partial charge in [0.1, 0.15) is 5.82 Å². The number of nitrogens with zero attached hydrogens (tertiary/aromatic N) is 1. The zero-order valence-corrected chi connectivity index (χ0v) is 11.7. The second-order valence-electron chi connectivity index (χ2n) is 4.96. The summed E-state index contributed by atoms with van der Waals surface area (Å²) < 4.78 is 13.2. The summed E-state index contributed by atoms with van der Waals surface area (Å²) in [6.07, 6.45) is 0. The number of amides is 1. The maximum atomic E-state index is 13.2. The van der Waals surface area contributed by atoms with E-state index in [2.05, 4.69) is 0 Å². The van der Waals surface area contributed by atoms with Crippen molar-refractivity contribution in [2.75, 3.05) is 0 Å². The molecular formula is C16H13ClFNO. The van der Waals surface area contributed by atoms with Crippen LogP contribution in [0.25, 0.3) is 0 Å². The Morgan fingerprint density at radius 3 is 2.60 bits per heavy atom. The van der Waals surface area contributed by atoms with Gasteiger partial charge in [0.2, 0.25) is 0 Å². The molecule has 2 aromatic rings. The number of hydrogen-bond acceptors (Lipinski definition) is 1. The molecule has 1 heterocycles. The fraction of sp³-hybridized carbons (Fsp3) is 0.188. The van der Waals surface area contributed by atoms with E-state index in [4.69, 9.17) is 11.6 Å². The van der Waals surface area contributed by atoms with Crippen LogP contribution >= 0.6 is 11.6 Å². The van der Waals surface area contributed by atoms with Crippen molar-refractivity contribution in [2.24, 2.45) is 0 Å². The molecule has 2 aromatic carbocycles. The molecule has 20 heavy (non-hydrogen) atoms. The van der Waals surface area contributed by atoms with Gasteiger partial charge in [0.15, 0.2) is 0 Å². The van der Waals surface area contributed by atoms with Gasteiger partial charge in [-0.2, -0.15) is 0 Å². The lowest BCUT2D eigenvalue weighted by molar-refractivity contribution is 0.0716. The highest BCUT2D eigenvalue weighted by Crippen LogP contribution is 2.31. The molecule has 3 rings (SSSR count). The Balaban J connectivity index is 1.90. The van der Waals surface area contributed by atoms with Crippen LogP contribution in [0.5, 0.6) is 0 Å². The van der Waals surface area contributed by atoms with Crippen molar-refractivity contribution in [1.29, 1.82) is 0 Å². The summed E-state index contributed by atoms with van der Waals surface area (Å²) in [5.74, 6) is -0.361. The van der Waals surface area contributed by atoms with Crippen LogP contribution in [0.15, 0.2) is 42.5 Å². The molecule has 0 unspecified atom stereocenters. The Labute approximate surface area is 121 Å². The van der Waals surface area contributed by atoms with Crippen molar-refractivity contribution in [3.63, 3.8) is 0 Å². The van der Waals surface area contributed by atoms with Crippen LogP contribution in [-0.4, -0.2) is 10.8 Å². The van der Waals surface area contributed by atoms with Gasteiger partial charge < -0.3 is 4.90 Å². The minimum atomic E-state index is -0.308. The Hall–Kier alpha value is -1.87. The predicted octanol–water partition coefficient (Wildman–Crippen LogP) is 4.20. The van der Waals surface area contributed by atoms with Gasteiger partial charge in [0.25, 0.3) is 5.91 Å². The van der Waals surface area contributed by atoms with Crippen LogP contribution in [-0.2, 0) is 6.54 Å². The number of fused-ring (bicyclic) bond motifs is 1. The average molecular weight is 290 g/mol. The molecule has 1 aliphatic heterocycles. The molecule has 1 atom stereocenters. The zero-order valence-electron chi connectivity index (χ0n) is 10.9. The van der Waals surface area contributed by atoms with Gasteiger partial charge in [-0.25, -0.2) is 4.39 Å². The summed E-state index contributed by atoms with van der Waals surface area (Å²) in [6, 6.07) is 11.7. The quantitative estimate of drug-likeness (QED) is 0.811. The summed E-state index contributed by atoms with van der Waals surface area (Å²) in [5, 5.41) is 0.666. The average Bonchev–Trinajstić information content (AvgIpc) is 2.75. The van der Waals surface area contributed by atoms with Gasteiger partial charge in [-0.05, 0) is 48.4 Å². The Bertz CT molecular complexity index is 669. The molecule has 0 spiro atoms. The molecule has 0 radical (unpaired) electrons. The van der Waals surface area contributed by atoms with Crippen LogP contribution in [0, 0.1) is 5.82 Å². The van der Waals surface area contributed by atoms with E-state index in [1.54, 1.807) is 23.1 Å². The molecular weight excluding hydrogens is 277 g/mol. The number of benzene rings is 2. The van der Waals surface area contributed by atoms with E-state index in [0.717, 1.165) is 11.1 Å². The van der Waals surface area contributed by atoms with Crippen molar-refractivity contribution in [1.82, 2.24) is 4.90 Å². The molecule has 4 heteroatoms. The first-order valence-corrected chi connectivity index (χ1v) is 6.79. The van der Waals surface area contributed by atoms with Gasteiger partial charge in [0.05, 0.1) is 6.04 Å². The van der Waals surface area contributed by atoms with E-state index < -0.39 is 0 Å². The van der Waals surface area contributed by atoms with E-state index in [0.29, 0.717) is 17.1 Å².